The van der Waals surface area contributed by atoms with Crippen LogP contribution >= 0.6 is 23.2 Å². The number of hydrogen-bond donors (Lipinski definition) is 0. The van der Waals surface area contributed by atoms with E-state index in [0.717, 1.165) is 16.5 Å². The van der Waals surface area contributed by atoms with Crippen LogP contribution in [-0.2, 0) is 6.54 Å². The molecule has 0 N–H and O–H groups in total. The Balaban J connectivity index is 2.15. The quantitative estimate of drug-likeness (QED) is 0.662. The number of carbonyl (C=O) groups excluding carboxylic acids is 1. The van der Waals surface area contributed by atoms with Gasteiger partial charge >= 0.3 is 0 Å². The summed E-state index contributed by atoms with van der Waals surface area (Å²) >= 11 is 12.4. The van der Waals surface area contributed by atoms with Crippen molar-refractivity contribution in [2.24, 2.45) is 0 Å². The lowest BCUT2D eigenvalue weighted by atomic mass is 10.1. The van der Waals surface area contributed by atoms with Crippen molar-refractivity contribution in [3.63, 3.8) is 0 Å². The van der Waals surface area contributed by atoms with Gasteiger partial charge in [0.1, 0.15) is 5.69 Å². The number of hydrogen-bond acceptors (Lipinski definition) is 2. The van der Waals surface area contributed by atoms with Crippen molar-refractivity contribution in [1.82, 2.24) is 9.78 Å². The van der Waals surface area contributed by atoms with Crippen LogP contribution < -0.4 is 0 Å². The molecule has 0 radical (unpaired) electrons. The summed E-state index contributed by atoms with van der Waals surface area (Å²) in [4.78, 5) is 11.7. The van der Waals surface area contributed by atoms with Gasteiger partial charge in [-0.25, -0.2) is 0 Å². The summed E-state index contributed by atoms with van der Waals surface area (Å²) in [5.41, 5.74) is 2.15. The lowest BCUT2D eigenvalue weighted by molar-refractivity contribution is 0.101. The molecule has 106 valence electrons. The van der Waals surface area contributed by atoms with Crippen LogP contribution in [0.2, 0.25) is 10.0 Å². The second-order valence-electron chi connectivity index (χ2n) is 4.78. The Labute approximate surface area is 132 Å². The third-order valence-corrected chi connectivity index (χ3v) is 4.07. The number of Topliss-reactive ketones (excluding diaryl/α,β-unsaturated/α-hetero) is 1. The lowest BCUT2D eigenvalue weighted by Crippen LogP contribution is -2.04. The molecule has 21 heavy (non-hydrogen) atoms. The highest BCUT2D eigenvalue weighted by atomic mass is 35.5. The first kappa shape index (κ1) is 14.1. The summed E-state index contributed by atoms with van der Waals surface area (Å²) < 4.78 is 1.76. The number of carbonyl (C=O) groups is 1. The van der Waals surface area contributed by atoms with Gasteiger partial charge in [-0.2, -0.15) is 5.10 Å². The van der Waals surface area contributed by atoms with Crippen LogP contribution in [0.1, 0.15) is 23.0 Å². The minimum atomic E-state index is -0.0600. The molecule has 3 nitrogen and oxygen atoms in total. The molecule has 0 aliphatic carbocycles. The average molecular weight is 319 g/mol. The summed E-state index contributed by atoms with van der Waals surface area (Å²) in [7, 11) is 0. The smallest absolute Gasteiger partial charge is 0.180 e. The summed E-state index contributed by atoms with van der Waals surface area (Å²) in [5.74, 6) is -0.0600. The Bertz CT molecular complexity index is 819. The van der Waals surface area contributed by atoms with Crippen molar-refractivity contribution < 1.29 is 4.79 Å². The van der Waals surface area contributed by atoms with E-state index >= 15 is 0 Å². The third-order valence-electron chi connectivity index (χ3n) is 3.36. The second-order valence-corrected chi connectivity index (χ2v) is 5.59. The van der Waals surface area contributed by atoms with Gasteiger partial charge in [0.15, 0.2) is 5.78 Å². The molecule has 1 aromatic heterocycles. The number of rotatable bonds is 3. The molecule has 0 spiro atoms. The van der Waals surface area contributed by atoms with E-state index in [2.05, 4.69) is 5.10 Å². The Morgan fingerprint density at radius 3 is 2.43 bits per heavy atom. The zero-order valence-electron chi connectivity index (χ0n) is 11.3. The van der Waals surface area contributed by atoms with E-state index in [0.29, 0.717) is 22.3 Å². The molecule has 0 fully saturated rings. The minimum Gasteiger partial charge on any atom is -0.293 e. The van der Waals surface area contributed by atoms with Gasteiger partial charge < -0.3 is 0 Å². The maximum Gasteiger partial charge on any atom is 0.180 e. The SMILES string of the molecule is CC(=O)c1nn(Cc2c(Cl)cccc2Cl)c2ccccc12. The normalized spacial score (nSPS) is 11.0. The molecule has 3 aromatic rings. The number of aromatic nitrogens is 2. The molecular formula is C16H12Cl2N2O. The fourth-order valence-electron chi connectivity index (χ4n) is 2.34. The standard InChI is InChI=1S/C16H12Cl2N2O/c1-10(21)16-11-5-2-3-8-15(11)20(19-16)9-12-13(17)6-4-7-14(12)18/h2-8H,9H2,1H3. The highest BCUT2D eigenvalue weighted by Crippen LogP contribution is 2.27. The van der Waals surface area contributed by atoms with Gasteiger partial charge in [-0.3, -0.25) is 9.48 Å². The van der Waals surface area contributed by atoms with Crippen LogP contribution in [0.15, 0.2) is 42.5 Å². The molecule has 0 bridgehead atoms. The molecule has 0 amide bonds. The van der Waals surface area contributed by atoms with Crippen molar-refractivity contribution in [2.75, 3.05) is 0 Å². The largest absolute Gasteiger partial charge is 0.293 e. The summed E-state index contributed by atoms with van der Waals surface area (Å²) in [6, 6.07) is 13.0. The monoisotopic (exact) mass is 318 g/mol. The first-order valence-electron chi connectivity index (χ1n) is 6.47. The first-order valence-corrected chi connectivity index (χ1v) is 7.23. The van der Waals surface area contributed by atoms with Crippen molar-refractivity contribution in [3.05, 3.63) is 63.8 Å². The van der Waals surface area contributed by atoms with E-state index in [1.54, 1.807) is 22.9 Å². The molecule has 3 rings (SSSR count). The summed E-state index contributed by atoms with van der Waals surface area (Å²) in [6.45, 7) is 1.94. The molecule has 0 saturated heterocycles. The minimum absolute atomic E-state index is 0.0600. The highest BCUT2D eigenvalue weighted by Gasteiger charge is 2.15. The van der Waals surface area contributed by atoms with Crippen LogP contribution in [0.25, 0.3) is 10.9 Å². The van der Waals surface area contributed by atoms with Gasteiger partial charge in [0.25, 0.3) is 0 Å². The number of nitrogens with zero attached hydrogens (tertiary/aromatic N) is 2. The first-order chi connectivity index (χ1) is 10.1. The van der Waals surface area contributed by atoms with E-state index in [9.17, 15) is 4.79 Å². The van der Waals surface area contributed by atoms with E-state index in [4.69, 9.17) is 23.2 Å². The van der Waals surface area contributed by atoms with Gasteiger partial charge in [0.05, 0.1) is 12.1 Å². The van der Waals surface area contributed by atoms with Crippen LogP contribution in [0.4, 0.5) is 0 Å². The molecule has 5 heteroatoms. The number of ketones is 1. The van der Waals surface area contributed by atoms with Crippen LogP contribution in [0.3, 0.4) is 0 Å². The predicted molar refractivity (Wildman–Crippen MR) is 85.3 cm³/mol. The van der Waals surface area contributed by atoms with Crippen LogP contribution in [0.5, 0.6) is 0 Å². The zero-order chi connectivity index (χ0) is 15.0. The topological polar surface area (TPSA) is 34.9 Å². The fraction of sp³-hybridized carbons (Fsp3) is 0.125. The van der Waals surface area contributed by atoms with E-state index in [-0.39, 0.29) is 5.78 Å². The van der Waals surface area contributed by atoms with Crippen molar-refractivity contribution >= 4 is 39.9 Å². The molecule has 0 unspecified atom stereocenters. The van der Waals surface area contributed by atoms with Gasteiger partial charge in [-0.05, 0) is 18.2 Å². The third kappa shape index (κ3) is 2.55. The lowest BCUT2D eigenvalue weighted by Gasteiger charge is -2.08. The summed E-state index contributed by atoms with van der Waals surface area (Å²) in [6.07, 6.45) is 0. The Morgan fingerprint density at radius 2 is 1.76 bits per heavy atom. The molecular weight excluding hydrogens is 307 g/mol. The number of fused-ring (bicyclic) bond motifs is 1. The number of halogens is 2. The van der Waals surface area contributed by atoms with Crippen molar-refractivity contribution in [1.29, 1.82) is 0 Å². The predicted octanol–water partition coefficient (Wildman–Crippen LogP) is 4.59. The highest BCUT2D eigenvalue weighted by molar-refractivity contribution is 6.36. The van der Waals surface area contributed by atoms with Crippen LogP contribution in [-0.4, -0.2) is 15.6 Å². The molecule has 1 heterocycles. The number of benzene rings is 2. The van der Waals surface area contributed by atoms with Crippen molar-refractivity contribution in [3.8, 4) is 0 Å². The Hall–Kier alpha value is -1.84. The zero-order valence-corrected chi connectivity index (χ0v) is 12.8. The molecule has 0 aliphatic heterocycles. The number of para-hydroxylation sites is 1. The fourth-order valence-corrected chi connectivity index (χ4v) is 2.86. The summed E-state index contributed by atoms with van der Waals surface area (Å²) in [5, 5.41) is 6.44. The van der Waals surface area contributed by atoms with Gasteiger partial charge in [-0.15, -0.1) is 0 Å². The van der Waals surface area contributed by atoms with E-state index in [1.807, 2.05) is 24.3 Å². The average Bonchev–Trinajstić information content (AvgIpc) is 2.82. The van der Waals surface area contributed by atoms with Crippen molar-refractivity contribution in [2.45, 2.75) is 13.5 Å². The van der Waals surface area contributed by atoms with E-state index < -0.39 is 0 Å². The van der Waals surface area contributed by atoms with Crippen LogP contribution in [0, 0.1) is 0 Å². The van der Waals surface area contributed by atoms with Gasteiger partial charge in [0, 0.05) is 27.9 Å². The molecule has 0 aliphatic rings. The van der Waals surface area contributed by atoms with Gasteiger partial charge in [-0.1, -0.05) is 47.5 Å². The van der Waals surface area contributed by atoms with Gasteiger partial charge in [0.2, 0.25) is 0 Å². The second kappa shape index (κ2) is 5.51. The Morgan fingerprint density at radius 1 is 1.10 bits per heavy atom. The van der Waals surface area contributed by atoms with E-state index in [1.165, 1.54) is 6.92 Å². The molecule has 2 aromatic carbocycles. The molecule has 0 atom stereocenters. The molecule has 0 saturated carbocycles. The maximum absolute atomic E-state index is 11.7. The maximum atomic E-state index is 11.7. The Kier molecular flexibility index (Phi) is 3.70.